The minimum atomic E-state index is 0.0418. The highest BCUT2D eigenvalue weighted by atomic mass is 16.2. The summed E-state index contributed by atoms with van der Waals surface area (Å²) in [5.41, 5.74) is 1.27. The number of carbonyl (C=O) groups is 1. The molecule has 2 aliphatic rings. The van der Waals surface area contributed by atoms with Gasteiger partial charge in [0.05, 0.1) is 6.20 Å². The molecule has 6 heteroatoms. The third-order valence-electron chi connectivity index (χ3n) is 5.75. The molecule has 1 N–H and O–H groups in total. The van der Waals surface area contributed by atoms with Crippen LogP contribution in [0.25, 0.3) is 0 Å². The van der Waals surface area contributed by atoms with Crippen molar-refractivity contribution < 1.29 is 4.79 Å². The lowest BCUT2D eigenvalue weighted by Crippen LogP contribution is -2.48. The molecular formula is C20H33N5O. The molecule has 1 aromatic heterocycles. The number of rotatable bonds is 5. The van der Waals surface area contributed by atoms with E-state index >= 15 is 0 Å². The number of aromatic nitrogens is 2. The van der Waals surface area contributed by atoms with E-state index < -0.39 is 0 Å². The van der Waals surface area contributed by atoms with Crippen molar-refractivity contribution >= 4 is 6.03 Å². The van der Waals surface area contributed by atoms with Crippen LogP contribution in [-0.2, 0) is 7.05 Å². The van der Waals surface area contributed by atoms with Crippen molar-refractivity contribution in [3.63, 3.8) is 0 Å². The van der Waals surface area contributed by atoms with Gasteiger partial charge in [-0.15, -0.1) is 0 Å². The van der Waals surface area contributed by atoms with E-state index in [0.717, 1.165) is 45.3 Å². The molecule has 3 atom stereocenters. The van der Waals surface area contributed by atoms with Crippen LogP contribution in [0, 0.1) is 5.92 Å². The predicted molar refractivity (Wildman–Crippen MR) is 104 cm³/mol. The Bertz CT molecular complexity index is 625. The minimum Gasteiger partial charge on any atom is -0.332 e. The Labute approximate surface area is 157 Å². The molecule has 26 heavy (non-hydrogen) atoms. The van der Waals surface area contributed by atoms with E-state index in [1.165, 1.54) is 12.0 Å². The summed E-state index contributed by atoms with van der Waals surface area (Å²) in [5, 5.41) is 7.54. The van der Waals surface area contributed by atoms with E-state index in [9.17, 15) is 4.79 Å². The lowest BCUT2D eigenvalue weighted by molar-refractivity contribution is 0.0812. The number of piperidine rings is 1. The van der Waals surface area contributed by atoms with Gasteiger partial charge in [-0.05, 0) is 51.1 Å². The van der Waals surface area contributed by atoms with Crippen LogP contribution in [0.2, 0.25) is 0 Å². The van der Waals surface area contributed by atoms with E-state index in [1.54, 1.807) is 0 Å². The number of nitrogens with zero attached hydrogens (tertiary/aromatic N) is 4. The lowest BCUT2D eigenvalue weighted by Gasteiger charge is -2.42. The molecule has 144 valence electrons. The minimum absolute atomic E-state index is 0.0418. The monoisotopic (exact) mass is 359 g/mol. The molecule has 1 aliphatic carbocycles. The third kappa shape index (κ3) is 4.47. The van der Waals surface area contributed by atoms with Crippen LogP contribution < -0.4 is 5.32 Å². The first-order valence-corrected chi connectivity index (χ1v) is 9.99. The number of aryl methyl sites for hydroxylation is 1. The van der Waals surface area contributed by atoms with Crippen molar-refractivity contribution in [3.8, 4) is 0 Å². The van der Waals surface area contributed by atoms with E-state index in [0.29, 0.717) is 12.0 Å². The Morgan fingerprint density at radius 2 is 2.23 bits per heavy atom. The Kier molecular flexibility index (Phi) is 6.35. The van der Waals surface area contributed by atoms with Gasteiger partial charge < -0.3 is 10.2 Å². The molecule has 1 aromatic rings. The second kappa shape index (κ2) is 8.71. The van der Waals surface area contributed by atoms with Gasteiger partial charge in [0, 0.05) is 44.5 Å². The first-order valence-electron chi connectivity index (χ1n) is 9.99. The molecule has 6 nitrogen and oxygen atoms in total. The van der Waals surface area contributed by atoms with Crippen molar-refractivity contribution in [1.82, 2.24) is 24.9 Å². The Morgan fingerprint density at radius 1 is 1.38 bits per heavy atom. The van der Waals surface area contributed by atoms with E-state index in [1.807, 2.05) is 29.9 Å². The molecule has 1 saturated heterocycles. The van der Waals surface area contributed by atoms with Crippen LogP contribution in [0.15, 0.2) is 24.5 Å². The number of nitrogens with one attached hydrogen (secondary N) is 1. The van der Waals surface area contributed by atoms with Crippen LogP contribution in [0.5, 0.6) is 0 Å². The Morgan fingerprint density at radius 3 is 2.88 bits per heavy atom. The number of likely N-dealkylation sites (tertiary alicyclic amines) is 1. The summed E-state index contributed by atoms with van der Waals surface area (Å²) >= 11 is 0. The van der Waals surface area contributed by atoms with Gasteiger partial charge in [0.1, 0.15) is 0 Å². The molecule has 1 aliphatic heterocycles. The van der Waals surface area contributed by atoms with Gasteiger partial charge in [0.2, 0.25) is 0 Å². The van der Waals surface area contributed by atoms with Crippen molar-refractivity contribution in [2.45, 2.75) is 51.1 Å². The number of amides is 2. The van der Waals surface area contributed by atoms with Crippen LogP contribution in [0.1, 0.15) is 50.6 Å². The van der Waals surface area contributed by atoms with Crippen LogP contribution in [-0.4, -0.2) is 58.3 Å². The van der Waals surface area contributed by atoms with Gasteiger partial charge in [-0.1, -0.05) is 19.1 Å². The van der Waals surface area contributed by atoms with Gasteiger partial charge in [-0.25, -0.2) is 4.79 Å². The van der Waals surface area contributed by atoms with Gasteiger partial charge in [0.15, 0.2) is 0 Å². The second-order valence-corrected chi connectivity index (χ2v) is 7.72. The maximum atomic E-state index is 12.6. The molecule has 0 bridgehead atoms. The predicted octanol–water partition coefficient (Wildman–Crippen LogP) is 2.94. The van der Waals surface area contributed by atoms with Crippen molar-refractivity contribution in [2.75, 3.05) is 26.7 Å². The number of hydrogen-bond donors (Lipinski definition) is 1. The largest absolute Gasteiger partial charge is 0.332 e. The number of urea groups is 1. The van der Waals surface area contributed by atoms with Crippen molar-refractivity contribution in [3.05, 3.63) is 30.1 Å². The van der Waals surface area contributed by atoms with Crippen LogP contribution >= 0.6 is 0 Å². The smallest absolute Gasteiger partial charge is 0.317 e. The van der Waals surface area contributed by atoms with Gasteiger partial charge in [-0.2, -0.15) is 5.10 Å². The normalized spacial score (nSPS) is 26.7. The fourth-order valence-electron chi connectivity index (χ4n) is 4.41. The van der Waals surface area contributed by atoms with Crippen molar-refractivity contribution in [1.29, 1.82) is 0 Å². The fraction of sp³-hybridized carbons (Fsp3) is 0.700. The number of allylic oxidation sites excluding steroid dienone is 1. The number of hydrogen-bond acceptors (Lipinski definition) is 3. The molecular weight excluding hydrogens is 326 g/mol. The molecule has 2 heterocycles. The Hall–Kier alpha value is -1.82. The molecule has 0 aromatic carbocycles. The average molecular weight is 360 g/mol. The number of carbonyl (C=O) groups excluding carboxylic acids is 1. The van der Waals surface area contributed by atoms with E-state index in [-0.39, 0.29) is 12.1 Å². The first kappa shape index (κ1) is 19.0. The SMILES string of the molecule is CCN1CCC[C@@H](CN(C)C(=O)N[C@H]2C=CCCC2)[C@@H]1c1cnn(C)c1. The van der Waals surface area contributed by atoms with E-state index in [4.69, 9.17) is 0 Å². The van der Waals surface area contributed by atoms with Crippen LogP contribution in [0.3, 0.4) is 0 Å². The molecule has 0 spiro atoms. The highest BCUT2D eigenvalue weighted by molar-refractivity contribution is 5.74. The first-order chi connectivity index (χ1) is 12.6. The molecule has 0 radical (unpaired) electrons. The summed E-state index contributed by atoms with van der Waals surface area (Å²) in [6, 6.07) is 0.568. The standard InChI is InChI=1S/C20H33N5O/c1-4-25-12-8-9-16(19(25)17-13-21-24(3)15-17)14-23(2)20(26)22-18-10-6-5-7-11-18/h6,10,13,15-16,18-19H,4-5,7-9,11-12,14H2,1-3H3,(H,22,26)/t16-,18-,19+/m0/s1. The second-order valence-electron chi connectivity index (χ2n) is 7.72. The molecule has 0 unspecified atom stereocenters. The summed E-state index contributed by atoms with van der Waals surface area (Å²) in [7, 11) is 3.89. The average Bonchev–Trinajstić information content (AvgIpc) is 3.08. The highest BCUT2D eigenvalue weighted by Crippen LogP contribution is 2.36. The zero-order valence-corrected chi connectivity index (χ0v) is 16.4. The molecule has 1 fully saturated rings. The molecule has 3 rings (SSSR count). The maximum Gasteiger partial charge on any atom is 0.317 e. The quantitative estimate of drug-likeness (QED) is 0.823. The summed E-state index contributed by atoms with van der Waals surface area (Å²) < 4.78 is 1.88. The summed E-state index contributed by atoms with van der Waals surface area (Å²) in [6.07, 6.45) is 14.1. The fourth-order valence-corrected chi connectivity index (χ4v) is 4.41. The summed E-state index contributed by atoms with van der Waals surface area (Å²) in [6.45, 7) is 5.14. The van der Waals surface area contributed by atoms with Gasteiger partial charge in [0.25, 0.3) is 0 Å². The third-order valence-corrected chi connectivity index (χ3v) is 5.75. The van der Waals surface area contributed by atoms with Gasteiger partial charge in [-0.3, -0.25) is 9.58 Å². The van der Waals surface area contributed by atoms with Crippen molar-refractivity contribution in [2.24, 2.45) is 13.0 Å². The lowest BCUT2D eigenvalue weighted by atomic mass is 9.85. The highest BCUT2D eigenvalue weighted by Gasteiger charge is 2.34. The topological polar surface area (TPSA) is 53.4 Å². The van der Waals surface area contributed by atoms with E-state index in [2.05, 4.69) is 40.6 Å². The van der Waals surface area contributed by atoms with Gasteiger partial charge >= 0.3 is 6.03 Å². The van der Waals surface area contributed by atoms with Crippen LogP contribution in [0.4, 0.5) is 4.79 Å². The molecule has 0 saturated carbocycles. The molecule has 2 amide bonds. The summed E-state index contributed by atoms with van der Waals surface area (Å²) in [5.74, 6) is 0.436. The maximum absolute atomic E-state index is 12.6. The zero-order chi connectivity index (χ0) is 18.5. The Balaban J connectivity index is 1.66. The zero-order valence-electron chi connectivity index (χ0n) is 16.4. The summed E-state index contributed by atoms with van der Waals surface area (Å²) in [4.78, 5) is 17.0.